The molecule has 232 valence electrons. The average Bonchev–Trinajstić information content (AvgIpc) is 3.31. The fourth-order valence-electron chi connectivity index (χ4n) is 5.63. The minimum absolute atomic E-state index is 0.0231. The molecule has 1 saturated heterocycles. The smallest absolute Gasteiger partial charge is 0.295 e. The second-order valence-electron chi connectivity index (χ2n) is 10.6. The third-order valence-electron chi connectivity index (χ3n) is 7.94. The first-order valence-corrected chi connectivity index (χ1v) is 15.3. The molecule has 0 unspecified atom stereocenters. The number of likely N-dealkylation sites (tertiary alicyclic amines) is 1. The molecule has 2 aliphatic rings. The number of benzene rings is 3. The molecule has 9 heteroatoms. The van der Waals surface area contributed by atoms with E-state index in [-0.39, 0.29) is 11.3 Å². The van der Waals surface area contributed by atoms with Gasteiger partial charge < -0.3 is 33.9 Å². The summed E-state index contributed by atoms with van der Waals surface area (Å²) in [7, 11) is 0. The van der Waals surface area contributed by atoms with Crippen molar-refractivity contribution in [3.05, 3.63) is 89.0 Å². The molecule has 0 bridgehead atoms. The summed E-state index contributed by atoms with van der Waals surface area (Å²) < 4.78 is 23.4. The number of Topliss-reactive ketones (excluding diaryl/α,β-unsaturated/α-hetero) is 1. The Balaban J connectivity index is 1.53. The van der Waals surface area contributed by atoms with E-state index in [1.165, 1.54) is 0 Å². The minimum atomic E-state index is -0.817. The molecule has 1 amide bonds. The first-order valence-electron chi connectivity index (χ1n) is 15.3. The Labute approximate surface area is 258 Å². The van der Waals surface area contributed by atoms with Gasteiger partial charge in [0.2, 0.25) is 0 Å². The van der Waals surface area contributed by atoms with Crippen LogP contribution in [0.4, 0.5) is 0 Å². The number of aliphatic hydroxyl groups is 1. The summed E-state index contributed by atoms with van der Waals surface area (Å²) in [4.78, 5) is 31.0. The van der Waals surface area contributed by atoms with Gasteiger partial charge in [-0.1, -0.05) is 50.2 Å². The third kappa shape index (κ3) is 6.68. The van der Waals surface area contributed by atoms with E-state index < -0.39 is 17.7 Å². The molecular formula is C35H40N2O7. The van der Waals surface area contributed by atoms with Crippen LogP contribution in [0.25, 0.3) is 5.76 Å². The predicted molar refractivity (Wildman–Crippen MR) is 167 cm³/mol. The Hall–Kier alpha value is -4.50. The monoisotopic (exact) mass is 600 g/mol. The summed E-state index contributed by atoms with van der Waals surface area (Å²) in [5.41, 5.74) is 2.05. The summed E-state index contributed by atoms with van der Waals surface area (Å²) in [6, 6.07) is 19.4. The number of aliphatic hydroxyl groups excluding tert-OH is 1. The van der Waals surface area contributed by atoms with Crippen LogP contribution >= 0.6 is 0 Å². The van der Waals surface area contributed by atoms with E-state index in [9.17, 15) is 14.7 Å². The second-order valence-corrected chi connectivity index (χ2v) is 10.6. The van der Waals surface area contributed by atoms with Gasteiger partial charge in [0, 0.05) is 12.1 Å². The number of nitrogens with zero attached hydrogens (tertiary/aromatic N) is 2. The second kappa shape index (κ2) is 14.3. The van der Waals surface area contributed by atoms with Crippen LogP contribution in [-0.4, -0.2) is 72.6 Å². The number of carbonyl (C=O) groups excluding carboxylic acids is 2. The zero-order valence-electron chi connectivity index (χ0n) is 25.6. The number of ether oxygens (including phenoxy) is 4. The lowest BCUT2D eigenvalue weighted by molar-refractivity contribution is -0.140. The van der Waals surface area contributed by atoms with E-state index in [2.05, 4.69) is 18.7 Å². The molecule has 5 rings (SSSR count). The number of carbonyl (C=O) groups is 2. The number of hydrogen-bond acceptors (Lipinski definition) is 8. The summed E-state index contributed by atoms with van der Waals surface area (Å²) in [5, 5.41) is 11.6. The van der Waals surface area contributed by atoms with Gasteiger partial charge in [-0.15, -0.1) is 0 Å². The maximum atomic E-state index is 13.6. The number of ketones is 1. The van der Waals surface area contributed by atoms with Gasteiger partial charge in [-0.25, -0.2) is 0 Å². The molecule has 3 aromatic carbocycles. The van der Waals surface area contributed by atoms with E-state index in [1.807, 2.05) is 43.3 Å². The minimum Gasteiger partial charge on any atom is -0.507 e. The summed E-state index contributed by atoms with van der Waals surface area (Å²) in [5.74, 6) is 0.443. The Kier molecular flexibility index (Phi) is 10.1. The van der Waals surface area contributed by atoms with Gasteiger partial charge in [-0.3, -0.25) is 9.59 Å². The van der Waals surface area contributed by atoms with Gasteiger partial charge in [0.15, 0.2) is 23.0 Å². The highest BCUT2D eigenvalue weighted by atomic mass is 16.6. The Morgan fingerprint density at radius 2 is 1.66 bits per heavy atom. The normalized spacial score (nSPS) is 17.3. The highest BCUT2D eigenvalue weighted by molar-refractivity contribution is 6.46. The predicted octanol–water partition coefficient (Wildman–Crippen LogP) is 5.59. The van der Waals surface area contributed by atoms with Crippen LogP contribution in [-0.2, 0) is 16.2 Å². The Morgan fingerprint density at radius 3 is 2.39 bits per heavy atom. The molecule has 2 aliphatic heterocycles. The molecule has 0 saturated carbocycles. The van der Waals surface area contributed by atoms with Crippen LogP contribution in [0.5, 0.6) is 23.0 Å². The molecule has 44 heavy (non-hydrogen) atoms. The highest BCUT2D eigenvalue weighted by Gasteiger charge is 2.46. The molecule has 1 N–H and O–H groups in total. The van der Waals surface area contributed by atoms with Crippen molar-refractivity contribution < 1.29 is 33.6 Å². The van der Waals surface area contributed by atoms with Crippen molar-refractivity contribution in [2.45, 2.75) is 39.8 Å². The Morgan fingerprint density at radius 1 is 0.909 bits per heavy atom. The maximum Gasteiger partial charge on any atom is 0.295 e. The van der Waals surface area contributed by atoms with Gasteiger partial charge in [0.25, 0.3) is 11.7 Å². The van der Waals surface area contributed by atoms with E-state index in [4.69, 9.17) is 18.9 Å². The molecule has 1 atom stereocenters. The van der Waals surface area contributed by atoms with Crippen molar-refractivity contribution in [1.82, 2.24) is 9.80 Å². The number of rotatable bonds is 13. The molecule has 0 aromatic heterocycles. The SMILES string of the molecule is CCOc1cc([C@H]2/C(=C(\O)c3ccc4c(c3)OCCO4)C(=O)C(=O)N2CCCN(CC)CC)ccc1OCc1ccccc1. The molecule has 0 aliphatic carbocycles. The number of fused-ring (bicyclic) bond motifs is 1. The highest BCUT2D eigenvalue weighted by Crippen LogP contribution is 2.43. The summed E-state index contributed by atoms with van der Waals surface area (Å²) in [6.07, 6.45) is 0.672. The molecule has 2 heterocycles. The lowest BCUT2D eigenvalue weighted by Crippen LogP contribution is -2.33. The van der Waals surface area contributed by atoms with Gasteiger partial charge in [0.1, 0.15) is 25.6 Å². The van der Waals surface area contributed by atoms with Crippen molar-refractivity contribution in [3.8, 4) is 23.0 Å². The maximum absolute atomic E-state index is 13.6. The van der Waals surface area contributed by atoms with Gasteiger partial charge in [-0.05, 0) is 74.4 Å². The fourth-order valence-corrected chi connectivity index (χ4v) is 5.63. The summed E-state index contributed by atoms with van der Waals surface area (Å²) >= 11 is 0. The lowest BCUT2D eigenvalue weighted by atomic mass is 9.94. The van der Waals surface area contributed by atoms with Crippen molar-refractivity contribution in [1.29, 1.82) is 0 Å². The van der Waals surface area contributed by atoms with Crippen molar-refractivity contribution in [2.24, 2.45) is 0 Å². The van der Waals surface area contributed by atoms with E-state index in [0.29, 0.717) is 73.5 Å². The molecular weight excluding hydrogens is 560 g/mol. The average molecular weight is 601 g/mol. The first-order chi connectivity index (χ1) is 21.4. The molecule has 1 fully saturated rings. The zero-order valence-corrected chi connectivity index (χ0v) is 25.6. The van der Waals surface area contributed by atoms with E-state index in [0.717, 1.165) is 25.2 Å². The third-order valence-corrected chi connectivity index (χ3v) is 7.94. The van der Waals surface area contributed by atoms with Crippen LogP contribution in [0, 0.1) is 0 Å². The van der Waals surface area contributed by atoms with E-state index >= 15 is 0 Å². The fraction of sp³-hybridized carbons (Fsp3) is 0.371. The van der Waals surface area contributed by atoms with Crippen molar-refractivity contribution in [3.63, 3.8) is 0 Å². The van der Waals surface area contributed by atoms with E-state index in [1.54, 1.807) is 35.2 Å². The van der Waals surface area contributed by atoms with Gasteiger partial charge in [0.05, 0.1) is 18.2 Å². The first kappa shape index (κ1) is 30.9. The van der Waals surface area contributed by atoms with Gasteiger partial charge in [-0.2, -0.15) is 0 Å². The molecule has 3 aromatic rings. The van der Waals surface area contributed by atoms with Crippen molar-refractivity contribution >= 4 is 17.4 Å². The Bertz CT molecular complexity index is 1500. The van der Waals surface area contributed by atoms with Crippen LogP contribution in [0.1, 0.15) is 49.9 Å². The van der Waals surface area contributed by atoms with Crippen LogP contribution in [0.2, 0.25) is 0 Å². The topological polar surface area (TPSA) is 97.8 Å². The summed E-state index contributed by atoms with van der Waals surface area (Å²) in [6.45, 7) is 10.6. The van der Waals surface area contributed by atoms with Crippen LogP contribution in [0.3, 0.4) is 0 Å². The number of amides is 1. The van der Waals surface area contributed by atoms with Crippen LogP contribution < -0.4 is 18.9 Å². The van der Waals surface area contributed by atoms with Gasteiger partial charge >= 0.3 is 0 Å². The van der Waals surface area contributed by atoms with Crippen molar-refractivity contribution in [2.75, 3.05) is 46.0 Å². The molecule has 0 radical (unpaired) electrons. The largest absolute Gasteiger partial charge is 0.507 e. The van der Waals surface area contributed by atoms with Crippen LogP contribution in [0.15, 0.2) is 72.3 Å². The lowest BCUT2D eigenvalue weighted by Gasteiger charge is -2.27. The quantitative estimate of drug-likeness (QED) is 0.154. The standard InChI is InChI=1S/C35H40N2O7/c1-4-36(5-2)17-10-18-37-32(25-13-15-28(29(21-25)41-6-3)44-23-24-11-8-7-9-12-24)31(34(39)35(37)40)33(38)26-14-16-27-30(22-26)43-20-19-42-27/h7-9,11-16,21-22,32,38H,4-6,10,17-20,23H2,1-3H3/b33-31+/t32-/m0/s1. The molecule has 0 spiro atoms. The molecule has 9 nitrogen and oxygen atoms in total. The number of hydrogen-bond donors (Lipinski definition) is 1. The zero-order chi connectivity index (χ0) is 31.1.